The maximum atomic E-state index is 12.9. The van der Waals surface area contributed by atoms with E-state index in [0.717, 1.165) is 33.7 Å². The van der Waals surface area contributed by atoms with E-state index in [1.807, 2.05) is 0 Å². The third-order valence-corrected chi connectivity index (χ3v) is 5.19. The van der Waals surface area contributed by atoms with Gasteiger partial charge in [0.2, 0.25) is 10.9 Å². The number of thioether (sulfide) groups is 1. The lowest BCUT2D eigenvalue weighted by Gasteiger charge is -2.13. The summed E-state index contributed by atoms with van der Waals surface area (Å²) in [7, 11) is 0. The van der Waals surface area contributed by atoms with Crippen LogP contribution in [-0.2, 0) is 11.0 Å². The van der Waals surface area contributed by atoms with E-state index in [2.05, 4.69) is 20.6 Å². The summed E-state index contributed by atoms with van der Waals surface area (Å²) in [6.07, 6.45) is -4.57. The molecule has 0 fully saturated rings. The van der Waals surface area contributed by atoms with Crippen molar-refractivity contribution in [1.29, 1.82) is 0 Å². The first-order valence-corrected chi connectivity index (χ1v) is 8.88. The van der Waals surface area contributed by atoms with Gasteiger partial charge in [0.15, 0.2) is 4.34 Å². The molecule has 0 aliphatic rings. The molecule has 0 atom stereocenters. The molecule has 12 heteroatoms. The van der Waals surface area contributed by atoms with Crippen LogP contribution in [0.2, 0.25) is 0 Å². The van der Waals surface area contributed by atoms with Crippen LogP contribution in [0.1, 0.15) is 11.3 Å². The molecule has 1 amide bonds. The van der Waals surface area contributed by atoms with E-state index in [-0.39, 0.29) is 22.1 Å². The number of hydrogen-bond donors (Lipinski definition) is 1. The number of aryl methyl sites for hydroxylation is 1. The molecule has 0 aliphatic heterocycles. The smallest absolute Gasteiger partial charge is 0.325 e. The van der Waals surface area contributed by atoms with Gasteiger partial charge in [-0.25, -0.2) is 0 Å². The topological polar surface area (TPSA) is 89.2 Å². The number of hydrogen-bond acceptors (Lipinski definition) is 7. The molecule has 0 bridgehead atoms. The molecule has 3 aromatic rings. The number of aromatic nitrogens is 4. The SMILES string of the molecule is Cc1nnc2sc(SCC(=O)Nc3ccccc3C(F)(F)F)nn2c1=O. The maximum absolute atomic E-state index is 12.9. The van der Waals surface area contributed by atoms with Crippen molar-refractivity contribution in [3.63, 3.8) is 0 Å². The number of halogens is 3. The second-order valence-corrected chi connectivity index (χ2v) is 7.21. The molecular weight excluding hydrogens is 391 g/mol. The number of carbonyl (C=O) groups excluding carboxylic acids is 1. The molecule has 0 radical (unpaired) electrons. The quantitative estimate of drug-likeness (QED) is 0.676. The fourth-order valence-electron chi connectivity index (χ4n) is 1.99. The van der Waals surface area contributed by atoms with Gasteiger partial charge in [-0.3, -0.25) is 9.59 Å². The Hall–Kier alpha value is -2.47. The highest BCUT2D eigenvalue weighted by atomic mass is 32.2. The number of nitrogens with zero attached hydrogens (tertiary/aromatic N) is 4. The van der Waals surface area contributed by atoms with Crippen molar-refractivity contribution >= 4 is 39.7 Å². The summed E-state index contributed by atoms with van der Waals surface area (Å²) >= 11 is 2.05. The summed E-state index contributed by atoms with van der Waals surface area (Å²) in [5.74, 6) is -0.798. The average Bonchev–Trinajstić information content (AvgIpc) is 3.00. The molecule has 0 saturated carbocycles. The largest absolute Gasteiger partial charge is 0.418 e. The zero-order valence-corrected chi connectivity index (χ0v) is 14.7. The molecule has 136 valence electrons. The Kier molecular flexibility index (Phi) is 4.96. The Morgan fingerprint density at radius 1 is 1.31 bits per heavy atom. The normalized spacial score (nSPS) is 11.7. The zero-order valence-electron chi connectivity index (χ0n) is 13.1. The van der Waals surface area contributed by atoms with Crippen LogP contribution in [0.3, 0.4) is 0 Å². The maximum Gasteiger partial charge on any atom is 0.418 e. The summed E-state index contributed by atoms with van der Waals surface area (Å²) in [6.45, 7) is 1.50. The minimum absolute atomic E-state index is 0.173. The summed E-state index contributed by atoms with van der Waals surface area (Å²) < 4.78 is 40.2. The van der Waals surface area contributed by atoms with Crippen LogP contribution in [-0.4, -0.2) is 31.5 Å². The number of anilines is 1. The number of para-hydroxylation sites is 1. The lowest BCUT2D eigenvalue weighted by atomic mass is 10.1. The van der Waals surface area contributed by atoms with E-state index in [9.17, 15) is 22.8 Å². The van der Waals surface area contributed by atoms with Crippen molar-refractivity contribution in [2.75, 3.05) is 11.1 Å². The number of nitrogens with one attached hydrogen (secondary N) is 1. The van der Waals surface area contributed by atoms with Crippen molar-refractivity contribution in [2.24, 2.45) is 0 Å². The second-order valence-electron chi connectivity index (χ2n) is 5.03. The molecule has 3 rings (SSSR count). The first-order valence-electron chi connectivity index (χ1n) is 7.08. The lowest BCUT2D eigenvalue weighted by molar-refractivity contribution is -0.137. The lowest BCUT2D eigenvalue weighted by Crippen LogP contribution is -2.19. The number of rotatable bonds is 4. The van der Waals surface area contributed by atoms with Crippen LogP contribution < -0.4 is 10.9 Å². The Morgan fingerprint density at radius 3 is 2.77 bits per heavy atom. The molecule has 2 aromatic heterocycles. The van der Waals surface area contributed by atoms with Crippen LogP contribution >= 0.6 is 23.1 Å². The highest BCUT2D eigenvalue weighted by Gasteiger charge is 2.33. The van der Waals surface area contributed by atoms with E-state index < -0.39 is 23.2 Å². The van der Waals surface area contributed by atoms with Crippen molar-refractivity contribution < 1.29 is 18.0 Å². The monoisotopic (exact) mass is 401 g/mol. The van der Waals surface area contributed by atoms with Gasteiger partial charge >= 0.3 is 6.18 Å². The molecule has 7 nitrogen and oxygen atoms in total. The van der Waals surface area contributed by atoms with Gasteiger partial charge in [0, 0.05) is 0 Å². The third-order valence-electron chi connectivity index (χ3n) is 3.16. The van der Waals surface area contributed by atoms with Crippen LogP contribution in [0.5, 0.6) is 0 Å². The van der Waals surface area contributed by atoms with Crippen molar-refractivity contribution in [3.8, 4) is 0 Å². The van der Waals surface area contributed by atoms with Gasteiger partial charge in [0.05, 0.1) is 17.0 Å². The number of alkyl halides is 3. The molecule has 2 heterocycles. The Morgan fingerprint density at radius 2 is 2.04 bits per heavy atom. The first kappa shape index (κ1) is 18.3. The van der Waals surface area contributed by atoms with Crippen molar-refractivity contribution in [1.82, 2.24) is 19.8 Å². The van der Waals surface area contributed by atoms with Crippen LogP contribution in [0.25, 0.3) is 4.96 Å². The molecule has 0 aliphatic carbocycles. The predicted octanol–water partition coefficient (Wildman–Crippen LogP) is 2.60. The Balaban J connectivity index is 1.71. The molecular formula is C14H10F3N5O2S2. The average molecular weight is 401 g/mol. The van der Waals surface area contributed by atoms with Gasteiger partial charge in [0.1, 0.15) is 5.69 Å². The van der Waals surface area contributed by atoms with E-state index >= 15 is 0 Å². The summed E-state index contributed by atoms with van der Waals surface area (Å²) in [5.41, 5.74) is -1.46. The second kappa shape index (κ2) is 7.03. The predicted molar refractivity (Wildman–Crippen MR) is 90.5 cm³/mol. The fraction of sp³-hybridized carbons (Fsp3) is 0.214. The molecule has 0 unspecified atom stereocenters. The minimum Gasteiger partial charge on any atom is -0.325 e. The van der Waals surface area contributed by atoms with E-state index in [0.29, 0.717) is 4.34 Å². The summed E-state index contributed by atoms with van der Waals surface area (Å²) in [6, 6.07) is 4.72. The Labute approximate surface area is 152 Å². The van der Waals surface area contributed by atoms with E-state index in [4.69, 9.17) is 0 Å². The number of fused-ring (bicyclic) bond motifs is 1. The van der Waals surface area contributed by atoms with Crippen LogP contribution in [0.15, 0.2) is 33.4 Å². The van der Waals surface area contributed by atoms with Gasteiger partial charge in [-0.1, -0.05) is 35.2 Å². The number of benzene rings is 1. The molecule has 26 heavy (non-hydrogen) atoms. The molecule has 1 aromatic carbocycles. The summed E-state index contributed by atoms with van der Waals surface area (Å²) in [5, 5.41) is 13.8. The van der Waals surface area contributed by atoms with Crippen molar-refractivity contribution in [3.05, 3.63) is 45.9 Å². The van der Waals surface area contributed by atoms with Gasteiger partial charge in [0.25, 0.3) is 5.56 Å². The van der Waals surface area contributed by atoms with Gasteiger partial charge in [-0.15, -0.1) is 15.3 Å². The highest BCUT2D eigenvalue weighted by Crippen LogP contribution is 2.34. The highest BCUT2D eigenvalue weighted by molar-refractivity contribution is 8.01. The zero-order chi connectivity index (χ0) is 18.9. The minimum atomic E-state index is -4.57. The molecule has 0 saturated heterocycles. The standard InChI is InChI=1S/C14H10F3N5O2S2/c1-7-11(24)22-12(20-19-7)26-13(21-22)25-6-10(23)18-9-5-3-2-4-8(9)14(15,16)17/h2-5H,6H2,1H3,(H,18,23). The van der Waals surface area contributed by atoms with E-state index in [1.54, 1.807) is 0 Å². The van der Waals surface area contributed by atoms with Gasteiger partial charge < -0.3 is 5.32 Å². The van der Waals surface area contributed by atoms with Gasteiger partial charge in [-0.05, 0) is 19.1 Å². The number of carbonyl (C=O) groups is 1. The molecule has 1 N–H and O–H groups in total. The third kappa shape index (κ3) is 3.85. The summed E-state index contributed by atoms with van der Waals surface area (Å²) in [4.78, 5) is 24.1. The van der Waals surface area contributed by atoms with Gasteiger partial charge in [-0.2, -0.15) is 17.7 Å². The fourth-order valence-corrected chi connectivity index (χ4v) is 3.66. The first-order chi connectivity index (χ1) is 12.3. The number of amides is 1. The van der Waals surface area contributed by atoms with Crippen LogP contribution in [0, 0.1) is 6.92 Å². The molecule has 0 spiro atoms. The van der Waals surface area contributed by atoms with Crippen molar-refractivity contribution in [2.45, 2.75) is 17.4 Å². The van der Waals surface area contributed by atoms with Crippen LogP contribution in [0.4, 0.5) is 18.9 Å². The van der Waals surface area contributed by atoms with E-state index in [1.165, 1.54) is 25.1 Å². The Bertz CT molecular complexity index is 1030.